The summed E-state index contributed by atoms with van der Waals surface area (Å²) in [6.45, 7) is 3.76. The number of rotatable bonds is 6. The molecule has 4 aromatic rings. The van der Waals surface area contributed by atoms with Crippen LogP contribution in [-0.4, -0.2) is 0 Å². The van der Waals surface area contributed by atoms with E-state index in [4.69, 9.17) is 0 Å². The van der Waals surface area contributed by atoms with Crippen molar-refractivity contribution in [2.45, 2.75) is 31.9 Å². The predicted molar refractivity (Wildman–Crippen MR) is 134 cm³/mol. The molecule has 0 amide bonds. The molecule has 0 atom stereocenters. The second-order valence-corrected chi connectivity index (χ2v) is 8.45. The number of hydrogen-bond donors (Lipinski definition) is 0. The highest BCUT2D eigenvalue weighted by Crippen LogP contribution is 2.29. The molecule has 0 bridgehead atoms. The molecule has 0 N–H and O–H groups in total. The number of aryl methyl sites for hydroxylation is 3. The molecule has 0 aliphatic carbocycles. The van der Waals surface area contributed by atoms with Gasteiger partial charge in [-0.05, 0) is 78.1 Å². The molecule has 0 nitrogen and oxygen atoms in total. The van der Waals surface area contributed by atoms with Gasteiger partial charge in [0.05, 0.1) is 11.1 Å². The van der Waals surface area contributed by atoms with Gasteiger partial charge in [-0.2, -0.15) is 13.2 Å². The number of allylic oxidation sites excluding steroid dienone is 1. The second kappa shape index (κ2) is 10.6. The predicted octanol–water partition coefficient (Wildman–Crippen LogP) is 8.30. The van der Waals surface area contributed by atoms with Gasteiger partial charge in [0.1, 0.15) is 5.82 Å². The molecule has 4 heteroatoms. The lowest BCUT2D eigenvalue weighted by Gasteiger charge is -2.07. The highest BCUT2D eigenvalue weighted by Gasteiger charge is 2.29. The van der Waals surface area contributed by atoms with E-state index in [1.54, 1.807) is 12.1 Å². The third-order valence-corrected chi connectivity index (χ3v) is 5.93. The lowest BCUT2D eigenvalue weighted by Crippen LogP contribution is -2.04. The fourth-order valence-electron chi connectivity index (χ4n) is 3.91. The summed E-state index contributed by atoms with van der Waals surface area (Å²) in [5.41, 5.74) is 3.54. The van der Waals surface area contributed by atoms with Gasteiger partial charge in [-0.15, -0.1) is 6.58 Å². The largest absolute Gasteiger partial charge is 0.416 e. The van der Waals surface area contributed by atoms with Crippen molar-refractivity contribution in [1.82, 2.24) is 0 Å². The minimum absolute atomic E-state index is 0.210. The summed E-state index contributed by atoms with van der Waals surface area (Å²) in [5, 5.41) is 1.26. The second-order valence-electron chi connectivity index (χ2n) is 8.45. The van der Waals surface area contributed by atoms with Crippen LogP contribution >= 0.6 is 0 Å². The van der Waals surface area contributed by atoms with Crippen LogP contribution in [0.25, 0.3) is 10.8 Å². The SMILES string of the molecule is C=CCCc1ccc(CCc2ccc3c(F)c(C#Cc4ccc(C(F)(F)F)cc4)ccc3c2)cc1. The van der Waals surface area contributed by atoms with E-state index in [-0.39, 0.29) is 5.56 Å². The van der Waals surface area contributed by atoms with Gasteiger partial charge in [-0.3, -0.25) is 0 Å². The van der Waals surface area contributed by atoms with Crippen molar-refractivity contribution in [3.63, 3.8) is 0 Å². The van der Waals surface area contributed by atoms with Gasteiger partial charge >= 0.3 is 6.18 Å². The van der Waals surface area contributed by atoms with Crippen LogP contribution < -0.4 is 0 Å². The van der Waals surface area contributed by atoms with Crippen molar-refractivity contribution in [1.29, 1.82) is 0 Å². The van der Waals surface area contributed by atoms with E-state index in [2.05, 4.69) is 42.7 Å². The van der Waals surface area contributed by atoms with E-state index in [1.807, 2.05) is 24.3 Å². The van der Waals surface area contributed by atoms with Crippen LogP contribution in [0.2, 0.25) is 0 Å². The summed E-state index contributed by atoms with van der Waals surface area (Å²) in [6.07, 6.45) is 1.23. The maximum atomic E-state index is 15.0. The molecular formula is C31H24F4. The zero-order chi connectivity index (χ0) is 24.8. The summed E-state index contributed by atoms with van der Waals surface area (Å²) >= 11 is 0. The van der Waals surface area contributed by atoms with Crippen LogP contribution in [0.5, 0.6) is 0 Å². The van der Waals surface area contributed by atoms with Crippen LogP contribution in [-0.2, 0) is 25.4 Å². The summed E-state index contributed by atoms with van der Waals surface area (Å²) < 4.78 is 53.1. The topological polar surface area (TPSA) is 0 Å². The van der Waals surface area contributed by atoms with Gasteiger partial charge in [-0.1, -0.05) is 66.4 Å². The Morgan fingerprint density at radius 3 is 2.00 bits per heavy atom. The Bertz CT molecular complexity index is 1380. The molecule has 0 heterocycles. The smallest absolute Gasteiger partial charge is 0.205 e. The average Bonchev–Trinajstić information content (AvgIpc) is 2.86. The first-order chi connectivity index (χ1) is 16.8. The first-order valence-corrected chi connectivity index (χ1v) is 11.4. The highest BCUT2D eigenvalue weighted by atomic mass is 19.4. The third-order valence-electron chi connectivity index (χ3n) is 5.93. The van der Waals surface area contributed by atoms with E-state index < -0.39 is 17.6 Å². The quantitative estimate of drug-likeness (QED) is 0.150. The van der Waals surface area contributed by atoms with Gasteiger partial charge in [0.15, 0.2) is 0 Å². The van der Waals surface area contributed by atoms with Crippen LogP contribution in [0.3, 0.4) is 0 Å². The Kier molecular flexibility index (Phi) is 7.36. The molecule has 176 valence electrons. The maximum Gasteiger partial charge on any atom is 0.416 e. The van der Waals surface area contributed by atoms with E-state index in [0.717, 1.165) is 48.8 Å². The number of hydrogen-bond acceptors (Lipinski definition) is 0. The molecule has 0 fully saturated rings. The minimum atomic E-state index is -4.40. The number of halogens is 4. The maximum absolute atomic E-state index is 15.0. The van der Waals surface area contributed by atoms with Crippen LogP contribution in [0, 0.1) is 17.7 Å². The van der Waals surface area contributed by atoms with Crippen molar-refractivity contribution in [3.05, 3.63) is 131 Å². The molecule has 35 heavy (non-hydrogen) atoms. The van der Waals surface area contributed by atoms with Gasteiger partial charge in [-0.25, -0.2) is 4.39 Å². The van der Waals surface area contributed by atoms with E-state index in [0.29, 0.717) is 10.9 Å². The fraction of sp³-hybridized carbons (Fsp3) is 0.161. The lowest BCUT2D eigenvalue weighted by atomic mass is 9.98. The van der Waals surface area contributed by atoms with Crippen molar-refractivity contribution >= 4 is 10.8 Å². The number of fused-ring (bicyclic) bond motifs is 1. The Balaban J connectivity index is 1.46. The van der Waals surface area contributed by atoms with E-state index >= 15 is 4.39 Å². The van der Waals surface area contributed by atoms with Crippen molar-refractivity contribution in [2.24, 2.45) is 0 Å². The molecule has 0 spiro atoms. The number of benzene rings is 4. The fourth-order valence-corrected chi connectivity index (χ4v) is 3.91. The zero-order valence-corrected chi connectivity index (χ0v) is 19.1. The Morgan fingerprint density at radius 1 is 0.714 bits per heavy atom. The molecular weight excluding hydrogens is 448 g/mol. The molecule has 4 rings (SSSR count). The summed E-state index contributed by atoms with van der Waals surface area (Å²) in [5.74, 6) is 5.07. The normalized spacial score (nSPS) is 11.2. The minimum Gasteiger partial charge on any atom is -0.205 e. The summed E-state index contributed by atoms with van der Waals surface area (Å²) in [4.78, 5) is 0. The molecule has 0 aliphatic rings. The Morgan fingerprint density at radius 2 is 1.34 bits per heavy atom. The standard InChI is InChI=1S/C31H24F4/c1-2-3-4-22-5-7-23(8-6-22)9-10-25-14-20-29-27(21-25)17-16-26(30(29)32)15-11-24-12-18-28(19-13-24)31(33,34)35/h2,5-8,12-14,16-21H,1,3-4,9-10H2. The highest BCUT2D eigenvalue weighted by molar-refractivity contribution is 5.85. The van der Waals surface area contributed by atoms with Gasteiger partial charge in [0.2, 0.25) is 0 Å². The summed E-state index contributed by atoms with van der Waals surface area (Å²) in [7, 11) is 0. The monoisotopic (exact) mass is 472 g/mol. The van der Waals surface area contributed by atoms with Gasteiger partial charge < -0.3 is 0 Å². The van der Waals surface area contributed by atoms with Crippen LogP contribution in [0.15, 0.2) is 91.5 Å². The van der Waals surface area contributed by atoms with Gasteiger partial charge in [0, 0.05) is 10.9 Å². The zero-order valence-electron chi connectivity index (χ0n) is 19.1. The van der Waals surface area contributed by atoms with E-state index in [1.165, 1.54) is 23.3 Å². The van der Waals surface area contributed by atoms with Crippen LogP contribution in [0.1, 0.15) is 39.8 Å². The summed E-state index contributed by atoms with van der Waals surface area (Å²) in [6, 6.07) is 22.3. The van der Waals surface area contributed by atoms with E-state index in [9.17, 15) is 13.2 Å². The third kappa shape index (κ3) is 6.19. The van der Waals surface area contributed by atoms with Crippen molar-refractivity contribution in [3.8, 4) is 11.8 Å². The number of alkyl halides is 3. The van der Waals surface area contributed by atoms with Crippen LogP contribution in [0.4, 0.5) is 17.6 Å². The van der Waals surface area contributed by atoms with Crippen molar-refractivity contribution < 1.29 is 17.6 Å². The Labute approximate surface area is 202 Å². The molecule has 0 unspecified atom stereocenters. The van der Waals surface area contributed by atoms with Gasteiger partial charge in [0.25, 0.3) is 0 Å². The molecule has 0 saturated heterocycles. The molecule has 0 aliphatic heterocycles. The molecule has 0 radical (unpaired) electrons. The Hall–Kier alpha value is -3.84. The lowest BCUT2D eigenvalue weighted by molar-refractivity contribution is -0.137. The average molecular weight is 473 g/mol. The van der Waals surface area contributed by atoms with Crippen molar-refractivity contribution in [2.75, 3.05) is 0 Å². The first-order valence-electron chi connectivity index (χ1n) is 11.4. The molecule has 0 aromatic heterocycles. The first kappa shape index (κ1) is 24.3. The molecule has 4 aromatic carbocycles. The molecule has 0 saturated carbocycles.